The first kappa shape index (κ1) is 10.5. The standard InChI is InChI=1S/C10H17IO/c1-8-2-4-9(5-3-8)6-7-10(11)12/h8-9H,2-7H2,1H3. The van der Waals surface area contributed by atoms with Crippen LogP contribution in [0.4, 0.5) is 0 Å². The second kappa shape index (κ2) is 5.20. The molecule has 2 heteroatoms. The fourth-order valence-electron chi connectivity index (χ4n) is 1.94. The van der Waals surface area contributed by atoms with E-state index in [1.165, 1.54) is 25.7 Å². The molecule has 0 heterocycles. The first-order chi connectivity index (χ1) is 5.68. The molecule has 0 atom stereocenters. The molecule has 1 aliphatic carbocycles. The number of hydrogen-bond acceptors (Lipinski definition) is 1. The lowest BCUT2D eigenvalue weighted by Gasteiger charge is -2.25. The maximum Gasteiger partial charge on any atom is 0.192 e. The Morgan fingerprint density at radius 2 is 1.92 bits per heavy atom. The average molecular weight is 280 g/mol. The van der Waals surface area contributed by atoms with Gasteiger partial charge in [-0.2, -0.15) is 0 Å². The summed E-state index contributed by atoms with van der Waals surface area (Å²) in [5.74, 6) is 1.77. The molecular weight excluding hydrogens is 263 g/mol. The second-order valence-corrected chi connectivity index (χ2v) is 5.22. The Hall–Kier alpha value is 0.400. The van der Waals surface area contributed by atoms with E-state index in [0.29, 0.717) is 3.79 Å². The van der Waals surface area contributed by atoms with Gasteiger partial charge >= 0.3 is 0 Å². The van der Waals surface area contributed by atoms with Crippen LogP contribution in [0.2, 0.25) is 0 Å². The highest BCUT2D eigenvalue weighted by Gasteiger charge is 2.18. The molecule has 0 unspecified atom stereocenters. The zero-order valence-electron chi connectivity index (χ0n) is 7.68. The highest BCUT2D eigenvalue weighted by Crippen LogP contribution is 2.31. The van der Waals surface area contributed by atoms with Gasteiger partial charge in [0.2, 0.25) is 0 Å². The van der Waals surface area contributed by atoms with Crippen molar-refractivity contribution in [1.29, 1.82) is 0 Å². The average Bonchev–Trinajstić information content (AvgIpc) is 2.03. The smallest absolute Gasteiger partial charge is 0.192 e. The summed E-state index contributed by atoms with van der Waals surface area (Å²) >= 11 is 1.90. The SMILES string of the molecule is CC1CCC(CCC(=O)I)CC1. The lowest BCUT2D eigenvalue weighted by Crippen LogP contribution is -2.12. The van der Waals surface area contributed by atoms with E-state index in [1.54, 1.807) is 0 Å². The molecular formula is C10H17IO. The van der Waals surface area contributed by atoms with Crippen molar-refractivity contribution in [2.75, 3.05) is 0 Å². The molecule has 0 N–H and O–H groups in total. The topological polar surface area (TPSA) is 17.1 Å². The minimum absolute atomic E-state index is 0.325. The van der Waals surface area contributed by atoms with Gasteiger partial charge in [-0.25, -0.2) is 0 Å². The van der Waals surface area contributed by atoms with Crippen molar-refractivity contribution in [3.63, 3.8) is 0 Å². The van der Waals surface area contributed by atoms with Gasteiger partial charge in [-0.3, -0.25) is 4.79 Å². The molecule has 12 heavy (non-hydrogen) atoms. The molecule has 70 valence electrons. The zero-order chi connectivity index (χ0) is 8.97. The van der Waals surface area contributed by atoms with E-state index in [4.69, 9.17) is 0 Å². The maximum absolute atomic E-state index is 10.7. The molecule has 0 aromatic rings. The van der Waals surface area contributed by atoms with Crippen molar-refractivity contribution in [1.82, 2.24) is 0 Å². The number of rotatable bonds is 3. The van der Waals surface area contributed by atoms with Crippen molar-refractivity contribution in [3.05, 3.63) is 0 Å². The number of carbonyl (C=O) groups is 1. The van der Waals surface area contributed by atoms with E-state index in [-0.39, 0.29) is 0 Å². The van der Waals surface area contributed by atoms with Crippen LogP contribution in [0.25, 0.3) is 0 Å². The van der Waals surface area contributed by atoms with Crippen LogP contribution in [0.15, 0.2) is 0 Å². The second-order valence-electron chi connectivity index (χ2n) is 4.02. The van der Waals surface area contributed by atoms with Crippen molar-refractivity contribution < 1.29 is 4.79 Å². The molecule has 0 radical (unpaired) electrons. The Kier molecular flexibility index (Phi) is 4.54. The van der Waals surface area contributed by atoms with Crippen LogP contribution in [0.5, 0.6) is 0 Å². The minimum Gasteiger partial charge on any atom is -0.288 e. The molecule has 1 fully saturated rings. The van der Waals surface area contributed by atoms with E-state index >= 15 is 0 Å². The summed E-state index contributed by atoms with van der Waals surface area (Å²) in [7, 11) is 0. The summed E-state index contributed by atoms with van der Waals surface area (Å²) in [6.45, 7) is 2.33. The molecule has 1 nitrogen and oxygen atoms in total. The molecule has 0 saturated heterocycles. The zero-order valence-corrected chi connectivity index (χ0v) is 9.84. The number of halogens is 1. The van der Waals surface area contributed by atoms with Gasteiger partial charge in [-0.15, -0.1) is 0 Å². The van der Waals surface area contributed by atoms with Crippen LogP contribution in [-0.2, 0) is 4.79 Å². The molecule has 0 bridgehead atoms. The Morgan fingerprint density at radius 3 is 2.42 bits per heavy atom. The van der Waals surface area contributed by atoms with Crippen molar-refractivity contribution in [2.24, 2.45) is 11.8 Å². The maximum atomic E-state index is 10.7. The molecule has 1 saturated carbocycles. The summed E-state index contributed by atoms with van der Waals surface area (Å²) in [5.41, 5.74) is 0. The van der Waals surface area contributed by atoms with Gasteiger partial charge in [-0.1, -0.05) is 32.6 Å². The van der Waals surface area contributed by atoms with E-state index < -0.39 is 0 Å². The molecule has 1 aliphatic rings. The van der Waals surface area contributed by atoms with Gasteiger partial charge in [0.25, 0.3) is 0 Å². The van der Waals surface area contributed by atoms with Gasteiger partial charge < -0.3 is 0 Å². The Labute approximate surface area is 88.4 Å². The van der Waals surface area contributed by atoms with E-state index in [9.17, 15) is 4.79 Å². The van der Waals surface area contributed by atoms with E-state index in [2.05, 4.69) is 6.92 Å². The Balaban J connectivity index is 2.13. The van der Waals surface area contributed by atoms with E-state index in [0.717, 1.165) is 24.7 Å². The van der Waals surface area contributed by atoms with Crippen LogP contribution in [0.3, 0.4) is 0 Å². The summed E-state index contributed by atoms with van der Waals surface area (Å²) in [4.78, 5) is 10.7. The van der Waals surface area contributed by atoms with Gasteiger partial charge in [0.05, 0.1) is 0 Å². The fourth-order valence-corrected chi connectivity index (χ4v) is 2.25. The number of hydrogen-bond donors (Lipinski definition) is 0. The first-order valence-electron chi connectivity index (χ1n) is 4.87. The normalized spacial score (nSPS) is 30.2. The third kappa shape index (κ3) is 3.87. The highest BCUT2D eigenvalue weighted by molar-refractivity contribution is 14.1. The van der Waals surface area contributed by atoms with Crippen LogP contribution >= 0.6 is 22.6 Å². The third-order valence-corrected chi connectivity index (χ3v) is 3.42. The van der Waals surface area contributed by atoms with Crippen LogP contribution in [0.1, 0.15) is 45.4 Å². The fraction of sp³-hybridized carbons (Fsp3) is 0.900. The first-order valence-corrected chi connectivity index (χ1v) is 5.94. The van der Waals surface area contributed by atoms with Gasteiger partial charge in [0, 0.05) is 6.42 Å². The quantitative estimate of drug-likeness (QED) is 0.570. The highest BCUT2D eigenvalue weighted by atomic mass is 127. The summed E-state index contributed by atoms with van der Waals surface area (Å²) in [6, 6.07) is 0. The monoisotopic (exact) mass is 280 g/mol. The van der Waals surface area contributed by atoms with Gasteiger partial charge in [0.1, 0.15) is 0 Å². The minimum atomic E-state index is 0.325. The van der Waals surface area contributed by atoms with Gasteiger partial charge in [-0.05, 0) is 40.8 Å². The lowest BCUT2D eigenvalue weighted by molar-refractivity contribution is -0.109. The third-order valence-electron chi connectivity index (χ3n) is 2.88. The van der Waals surface area contributed by atoms with Crippen molar-refractivity contribution in [2.45, 2.75) is 45.4 Å². The Bertz CT molecular complexity index is 148. The molecule has 0 amide bonds. The van der Waals surface area contributed by atoms with Crippen molar-refractivity contribution in [3.8, 4) is 0 Å². The summed E-state index contributed by atoms with van der Waals surface area (Å²) in [6.07, 6.45) is 7.38. The predicted octanol–water partition coefficient (Wildman–Crippen LogP) is 3.55. The predicted molar refractivity (Wildman–Crippen MR) is 59.4 cm³/mol. The number of carbonyl (C=O) groups excluding carboxylic acids is 1. The summed E-state index contributed by atoms with van der Waals surface area (Å²) < 4.78 is 0.325. The van der Waals surface area contributed by atoms with Gasteiger partial charge in [0.15, 0.2) is 3.79 Å². The lowest BCUT2D eigenvalue weighted by atomic mass is 9.81. The molecule has 0 aromatic heterocycles. The van der Waals surface area contributed by atoms with E-state index in [1.807, 2.05) is 22.6 Å². The van der Waals surface area contributed by atoms with Crippen molar-refractivity contribution >= 4 is 26.4 Å². The molecule has 0 aromatic carbocycles. The van der Waals surface area contributed by atoms with Crippen LogP contribution in [0, 0.1) is 11.8 Å². The molecule has 0 aliphatic heterocycles. The van der Waals surface area contributed by atoms with Crippen LogP contribution in [-0.4, -0.2) is 3.79 Å². The Morgan fingerprint density at radius 1 is 1.33 bits per heavy atom. The summed E-state index contributed by atoms with van der Waals surface area (Å²) in [5, 5.41) is 0. The molecule has 0 spiro atoms. The largest absolute Gasteiger partial charge is 0.288 e. The van der Waals surface area contributed by atoms with Crippen LogP contribution < -0.4 is 0 Å². The molecule has 1 rings (SSSR count).